The van der Waals surface area contributed by atoms with Gasteiger partial charge in [0, 0.05) is 24.6 Å². The smallest absolute Gasteiger partial charge is 0.414 e. The van der Waals surface area contributed by atoms with Gasteiger partial charge >= 0.3 is 6.09 Å². The van der Waals surface area contributed by atoms with Gasteiger partial charge in [-0.15, -0.1) is 0 Å². The molecule has 0 saturated carbocycles. The number of benzene rings is 2. The number of hydrogen-bond acceptors (Lipinski definition) is 4. The van der Waals surface area contributed by atoms with E-state index >= 15 is 0 Å². The Hall–Kier alpha value is -3.18. The first-order chi connectivity index (χ1) is 13.2. The third kappa shape index (κ3) is 2.67. The molecule has 1 aliphatic carbocycles. The zero-order valence-corrected chi connectivity index (χ0v) is 14.8. The van der Waals surface area contributed by atoms with Crippen LogP contribution in [0.2, 0.25) is 0 Å². The van der Waals surface area contributed by atoms with Crippen molar-refractivity contribution in [2.45, 2.75) is 12.5 Å². The van der Waals surface area contributed by atoms with Gasteiger partial charge in [0.2, 0.25) is 0 Å². The van der Waals surface area contributed by atoms with E-state index in [9.17, 15) is 4.79 Å². The maximum Gasteiger partial charge on any atom is 0.414 e. The van der Waals surface area contributed by atoms with Crippen LogP contribution in [0.5, 0.6) is 0 Å². The topological polar surface area (TPSA) is 68.5 Å². The number of rotatable bonds is 3. The minimum absolute atomic E-state index is 0.231. The van der Waals surface area contributed by atoms with Gasteiger partial charge < -0.3 is 10.5 Å². The first kappa shape index (κ1) is 16.0. The molecule has 0 unspecified atom stereocenters. The van der Waals surface area contributed by atoms with Crippen molar-refractivity contribution >= 4 is 11.8 Å². The first-order valence-corrected chi connectivity index (χ1v) is 9.08. The van der Waals surface area contributed by atoms with Crippen LogP contribution in [0.25, 0.3) is 22.3 Å². The number of hydrogen-bond donors (Lipinski definition) is 1. The van der Waals surface area contributed by atoms with E-state index in [-0.39, 0.29) is 12.2 Å². The molecule has 1 fully saturated rings. The van der Waals surface area contributed by atoms with Crippen LogP contribution in [-0.4, -0.2) is 30.3 Å². The minimum atomic E-state index is -0.320. The number of ether oxygens (including phenoxy) is 1. The summed E-state index contributed by atoms with van der Waals surface area (Å²) in [6.07, 6.45) is 3.97. The summed E-state index contributed by atoms with van der Waals surface area (Å²) in [4.78, 5) is 18.0. The van der Waals surface area contributed by atoms with Crippen LogP contribution in [0.4, 0.5) is 10.5 Å². The molecule has 2 heterocycles. The van der Waals surface area contributed by atoms with E-state index in [1.807, 2.05) is 18.3 Å². The van der Waals surface area contributed by atoms with Gasteiger partial charge in [0.25, 0.3) is 0 Å². The summed E-state index contributed by atoms with van der Waals surface area (Å²) in [5.41, 5.74) is 13.8. The van der Waals surface area contributed by atoms with Crippen LogP contribution >= 0.6 is 0 Å². The van der Waals surface area contributed by atoms with E-state index in [2.05, 4.69) is 41.4 Å². The number of nitrogens with two attached hydrogens (primary N) is 1. The molecule has 1 amide bonds. The number of carbonyl (C=O) groups is 1. The number of pyridine rings is 1. The molecule has 1 aliphatic heterocycles. The molecule has 1 atom stereocenters. The summed E-state index contributed by atoms with van der Waals surface area (Å²) in [5, 5.41) is 0. The molecule has 1 saturated heterocycles. The van der Waals surface area contributed by atoms with E-state index in [1.54, 1.807) is 11.1 Å². The molecule has 0 spiro atoms. The molecular weight excluding hydrogens is 338 g/mol. The predicted octanol–water partition coefficient (Wildman–Crippen LogP) is 3.60. The van der Waals surface area contributed by atoms with Crippen LogP contribution in [0, 0.1) is 0 Å². The second-order valence-corrected chi connectivity index (χ2v) is 6.98. The van der Waals surface area contributed by atoms with Gasteiger partial charge in [0.05, 0.1) is 6.54 Å². The molecule has 5 rings (SSSR count). The second kappa shape index (κ2) is 6.21. The SMILES string of the molecule is NC[C@H]1CN(c2ccc3c(c2)Cc2cc(-c4cccnc4)ccc2-3)C(=O)O1. The average molecular weight is 357 g/mol. The molecule has 5 nitrogen and oxygen atoms in total. The Morgan fingerprint density at radius 1 is 1.07 bits per heavy atom. The fourth-order valence-electron chi connectivity index (χ4n) is 3.93. The monoisotopic (exact) mass is 357 g/mol. The van der Waals surface area contributed by atoms with Crippen LogP contribution in [0.3, 0.4) is 0 Å². The predicted molar refractivity (Wildman–Crippen MR) is 105 cm³/mol. The number of nitrogens with zero attached hydrogens (tertiary/aromatic N) is 2. The zero-order chi connectivity index (χ0) is 18.4. The fourth-order valence-corrected chi connectivity index (χ4v) is 3.93. The van der Waals surface area contributed by atoms with E-state index in [1.165, 1.54) is 27.8 Å². The second-order valence-electron chi connectivity index (χ2n) is 6.98. The standard InChI is InChI=1S/C22H19N3O2/c23-11-19-13-25(22(26)27-19)18-4-6-21-17(10-18)9-16-8-14(3-5-20(16)21)15-2-1-7-24-12-15/h1-8,10,12,19H,9,11,13,23H2/t19-/m0/s1. The fraction of sp³-hybridized carbons (Fsp3) is 0.182. The van der Waals surface area contributed by atoms with Crippen LogP contribution in [0.15, 0.2) is 60.9 Å². The minimum Gasteiger partial charge on any atom is -0.443 e. The normalized spacial score (nSPS) is 17.6. The Kier molecular flexibility index (Phi) is 3.69. The van der Waals surface area contributed by atoms with Crippen molar-refractivity contribution in [1.82, 2.24) is 4.98 Å². The van der Waals surface area contributed by atoms with E-state index < -0.39 is 0 Å². The largest absolute Gasteiger partial charge is 0.443 e. The molecule has 0 radical (unpaired) electrons. The molecule has 134 valence electrons. The highest BCUT2D eigenvalue weighted by Gasteiger charge is 2.32. The number of aromatic nitrogens is 1. The molecule has 27 heavy (non-hydrogen) atoms. The van der Waals surface area contributed by atoms with Crippen molar-refractivity contribution in [3.63, 3.8) is 0 Å². The van der Waals surface area contributed by atoms with Gasteiger partial charge in [-0.25, -0.2) is 4.79 Å². The molecule has 2 N–H and O–H groups in total. The zero-order valence-electron chi connectivity index (χ0n) is 14.8. The van der Waals surface area contributed by atoms with E-state index in [0.717, 1.165) is 17.7 Å². The van der Waals surface area contributed by atoms with Crippen molar-refractivity contribution in [3.8, 4) is 22.3 Å². The number of amides is 1. The van der Waals surface area contributed by atoms with Gasteiger partial charge in [-0.2, -0.15) is 0 Å². The summed E-state index contributed by atoms with van der Waals surface area (Å²) in [6, 6.07) is 16.8. The lowest BCUT2D eigenvalue weighted by atomic mass is 10.0. The maximum absolute atomic E-state index is 12.1. The summed E-state index contributed by atoms with van der Waals surface area (Å²) in [5.74, 6) is 0. The Bertz CT molecular complexity index is 1030. The van der Waals surface area contributed by atoms with Crippen molar-refractivity contribution < 1.29 is 9.53 Å². The van der Waals surface area contributed by atoms with Crippen molar-refractivity contribution in [2.24, 2.45) is 5.73 Å². The van der Waals surface area contributed by atoms with E-state index in [4.69, 9.17) is 10.5 Å². The quantitative estimate of drug-likeness (QED) is 0.608. The van der Waals surface area contributed by atoms with Gasteiger partial charge in [0.15, 0.2) is 0 Å². The van der Waals surface area contributed by atoms with Crippen LogP contribution in [0.1, 0.15) is 11.1 Å². The molecule has 2 aliphatic rings. The van der Waals surface area contributed by atoms with Crippen LogP contribution in [-0.2, 0) is 11.2 Å². The van der Waals surface area contributed by atoms with E-state index in [0.29, 0.717) is 13.1 Å². The van der Waals surface area contributed by atoms with Gasteiger partial charge in [-0.05, 0) is 58.0 Å². The Morgan fingerprint density at radius 2 is 1.89 bits per heavy atom. The van der Waals surface area contributed by atoms with Crippen LogP contribution < -0.4 is 10.6 Å². The summed E-state index contributed by atoms with van der Waals surface area (Å²) in [7, 11) is 0. The highest BCUT2D eigenvalue weighted by atomic mass is 16.6. The lowest BCUT2D eigenvalue weighted by molar-refractivity contribution is 0.145. The summed E-state index contributed by atoms with van der Waals surface area (Å²) < 4.78 is 5.28. The lowest BCUT2D eigenvalue weighted by Gasteiger charge is -2.14. The molecule has 5 heteroatoms. The van der Waals surface area contributed by atoms with Crippen molar-refractivity contribution in [2.75, 3.05) is 18.0 Å². The molecule has 3 aromatic rings. The Balaban J connectivity index is 1.47. The van der Waals surface area contributed by atoms with Gasteiger partial charge in [-0.1, -0.05) is 30.3 Å². The lowest BCUT2D eigenvalue weighted by Crippen LogP contribution is -2.27. The first-order valence-electron chi connectivity index (χ1n) is 9.08. The molecule has 0 bridgehead atoms. The number of cyclic esters (lactones) is 1. The Labute approximate surface area is 157 Å². The summed E-state index contributed by atoms with van der Waals surface area (Å²) in [6.45, 7) is 0.849. The number of anilines is 1. The molecule has 2 aromatic carbocycles. The number of carbonyl (C=O) groups excluding carboxylic acids is 1. The van der Waals surface area contributed by atoms with Gasteiger partial charge in [0.1, 0.15) is 6.10 Å². The third-order valence-corrected chi connectivity index (χ3v) is 5.31. The summed E-state index contributed by atoms with van der Waals surface area (Å²) >= 11 is 0. The molecular formula is C22H19N3O2. The number of fused-ring (bicyclic) bond motifs is 3. The van der Waals surface area contributed by atoms with Crippen molar-refractivity contribution in [1.29, 1.82) is 0 Å². The van der Waals surface area contributed by atoms with Gasteiger partial charge in [-0.3, -0.25) is 9.88 Å². The average Bonchev–Trinajstić information content (AvgIpc) is 3.27. The highest BCUT2D eigenvalue weighted by molar-refractivity contribution is 5.91. The van der Waals surface area contributed by atoms with Crippen molar-refractivity contribution in [3.05, 3.63) is 72.1 Å². The Morgan fingerprint density at radius 3 is 2.63 bits per heavy atom. The third-order valence-electron chi connectivity index (χ3n) is 5.31. The maximum atomic E-state index is 12.1. The highest BCUT2D eigenvalue weighted by Crippen LogP contribution is 2.40. The molecule has 1 aromatic heterocycles.